The molecular formula is C16H12Cl3NO6S. The van der Waals surface area contributed by atoms with Crippen molar-refractivity contribution < 1.29 is 28.2 Å². The van der Waals surface area contributed by atoms with Gasteiger partial charge in [0.15, 0.2) is 0 Å². The molecule has 0 aromatic heterocycles. The van der Waals surface area contributed by atoms with E-state index < -0.39 is 28.0 Å². The number of benzene rings is 2. The molecule has 0 aliphatic carbocycles. The molecule has 0 spiro atoms. The lowest BCUT2D eigenvalue weighted by Crippen LogP contribution is -2.43. The number of carboxylic acids is 2. The van der Waals surface area contributed by atoms with E-state index in [1.54, 1.807) is 0 Å². The van der Waals surface area contributed by atoms with Crippen molar-refractivity contribution in [3.63, 3.8) is 0 Å². The minimum absolute atomic E-state index is 0.0389. The second-order valence-corrected chi connectivity index (χ2v) is 8.40. The predicted molar refractivity (Wildman–Crippen MR) is 102 cm³/mol. The van der Waals surface area contributed by atoms with Crippen LogP contribution in [-0.4, -0.2) is 36.6 Å². The van der Waals surface area contributed by atoms with E-state index in [4.69, 9.17) is 34.8 Å². The van der Waals surface area contributed by atoms with E-state index in [1.165, 1.54) is 24.3 Å². The summed E-state index contributed by atoms with van der Waals surface area (Å²) in [6.45, 7) is 1.15. The molecule has 7 nitrogen and oxygen atoms in total. The van der Waals surface area contributed by atoms with Gasteiger partial charge in [0, 0.05) is 0 Å². The molecule has 0 saturated heterocycles. The predicted octanol–water partition coefficient (Wildman–Crippen LogP) is 4.01. The molecular weight excluding hydrogens is 441 g/mol. The van der Waals surface area contributed by atoms with Crippen molar-refractivity contribution in [2.24, 2.45) is 0 Å². The van der Waals surface area contributed by atoms with Crippen LogP contribution in [0.1, 0.15) is 17.3 Å². The molecule has 144 valence electrons. The number of halogens is 3. The summed E-state index contributed by atoms with van der Waals surface area (Å²) >= 11 is 17.5. The lowest BCUT2D eigenvalue weighted by molar-refractivity contribution is -0.137. The molecule has 0 saturated carbocycles. The highest BCUT2D eigenvalue weighted by atomic mass is 35.5. The third-order valence-corrected chi connectivity index (χ3v) is 6.56. The summed E-state index contributed by atoms with van der Waals surface area (Å²) in [6, 6.07) is 5.32. The molecule has 0 amide bonds. The first-order chi connectivity index (χ1) is 12.5. The third-order valence-electron chi connectivity index (χ3n) is 3.59. The van der Waals surface area contributed by atoms with Gasteiger partial charge in [-0.2, -0.15) is 0 Å². The van der Waals surface area contributed by atoms with Gasteiger partial charge in [-0.3, -0.25) is 4.31 Å². The average Bonchev–Trinajstić information content (AvgIpc) is 2.58. The van der Waals surface area contributed by atoms with E-state index in [9.17, 15) is 28.2 Å². The van der Waals surface area contributed by atoms with E-state index >= 15 is 0 Å². The molecule has 2 aromatic rings. The van der Waals surface area contributed by atoms with Crippen molar-refractivity contribution in [1.29, 1.82) is 0 Å². The zero-order valence-corrected chi connectivity index (χ0v) is 16.6. The summed E-state index contributed by atoms with van der Waals surface area (Å²) in [5, 5.41) is 18.5. The first-order valence-electron chi connectivity index (χ1n) is 7.22. The second-order valence-electron chi connectivity index (χ2n) is 5.36. The topological polar surface area (TPSA) is 112 Å². The Balaban J connectivity index is 2.72. The highest BCUT2D eigenvalue weighted by molar-refractivity contribution is 7.93. The van der Waals surface area contributed by atoms with Gasteiger partial charge in [0.25, 0.3) is 10.0 Å². The second kappa shape index (κ2) is 7.93. The summed E-state index contributed by atoms with van der Waals surface area (Å²) in [5.74, 6) is -2.83. The summed E-state index contributed by atoms with van der Waals surface area (Å²) < 4.78 is 26.8. The highest BCUT2D eigenvalue weighted by Gasteiger charge is 2.34. The lowest BCUT2D eigenvalue weighted by atomic mass is 10.2. The van der Waals surface area contributed by atoms with Crippen molar-refractivity contribution in [3.8, 4) is 0 Å². The Morgan fingerprint density at radius 3 is 2.07 bits per heavy atom. The van der Waals surface area contributed by atoms with E-state index in [0.717, 1.165) is 19.1 Å². The molecule has 2 aromatic carbocycles. The third kappa shape index (κ3) is 4.30. The molecule has 0 fully saturated rings. The van der Waals surface area contributed by atoms with Crippen molar-refractivity contribution in [3.05, 3.63) is 57.0 Å². The molecule has 11 heteroatoms. The van der Waals surface area contributed by atoms with Gasteiger partial charge in [-0.05, 0) is 43.3 Å². The summed E-state index contributed by atoms with van der Waals surface area (Å²) in [7, 11) is -4.42. The van der Waals surface area contributed by atoms with Crippen LogP contribution in [0.2, 0.25) is 15.1 Å². The molecule has 0 radical (unpaired) electrons. The molecule has 0 bridgehead atoms. The fourth-order valence-corrected chi connectivity index (χ4v) is 4.43. The van der Waals surface area contributed by atoms with Crippen LogP contribution in [-0.2, 0) is 14.8 Å². The Labute approximate surface area is 169 Å². The number of aromatic carboxylic acids is 1. The van der Waals surface area contributed by atoms with Gasteiger partial charge in [0.2, 0.25) is 0 Å². The first kappa shape index (κ1) is 21.3. The highest BCUT2D eigenvalue weighted by Crippen LogP contribution is 2.32. The largest absolute Gasteiger partial charge is 0.480 e. The molecule has 2 N–H and O–H groups in total. The number of hydrogen-bond donors (Lipinski definition) is 2. The summed E-state index contributed by atoms with van der Waals surface area (Å²) in [6.07, 6.45) is 0. The lowest BCUT2D eigenvalue weighted by Gasteiger charge is -2.28. The van der Waals surface area contributed by atoms with Gasteiger partial charge in [-0.25, -0.2) is 18.0 Å². The monoisotopic (exact) mass is 451 g/mol. The van der Waals surface area contributed by atoms with Gasteiger partial charge in [0.1, 0.15) is 6.04 Å². The Bertz CT molecular complexity index is 1020. The van der Waals surface area contributed by atoms with E-state index in [1.807, 2.05) is 0 Å². The Morgan fingerprint density at radius 1 is 0.963 bits per heavy atom. The maximum absolute atomic E-state index is 13.1. The Hall–Kier alpha value is -2.00. The maximum atomic E-state index is 13.1. The van der Waals surface area contributed by atoms with Crippen LogP contribution in [0.4, 0.5) is 5.69 Å². The number of sulfonamides is 1. The zero-order valence-electron chi connectivity index (χ0n) is 13.6. The molecule has 2 rings (SSSR count). The average molecular weight is 453 g/mol. The zero-order chi connectivity index (χ0) is 20.5. The Kier molecular flexibility index (Phi) is 6.26. The van der Waals surface area contributed by atoms with Crippen LogP contribution in [0, 0.1) is 0 Å². The van der Waals surface area contributed by atoms with Crippen LogP contribution < -0.4 is 4.31 Å². The van der Waals surface area contributed by atoms with Gasteiger partial charge in [-0.15, -0.1) is 0 Å². The molecule has 0 heterocycles. The minimum atomic E-state index is -4.42. The standard InChI is InChI=1S/C16H12Cl3NO6S/c1-8(15(21)22)20(9-2-4-12(17)11(6-9)16(23)24)27(25,26)10-3-5-13(18)14(19)7-10/h2-8H,1H3,(H,21,22)(H,23,24). The quantitative estimate of drug-likeness (QED) is 0.685. The number of nitrogens with zero attached hydrogens (tertiary/aromatic N) is 1. The van der Waals surface area contributed by atoms with Crippen molar-refractivity contribution in [2.45, 2.75) is 17.9 Å². The summed E-state index contributed by atoms with van der Waals surface area (Å²) in [5.41, 5.74) is -0.557. The number of carboxylic acid groups (broad SMARTS) is 2. The van der Waals surface area contributed by atoms with Gasteiger partial charge < -0.3 is 10.2 Å². The maximum Gasteiger partial charge on any atom is 0.337 e. The number of rotatable bonds is 6. The first-order valence-corrected chi connectivity index (χ1v) is 9.79. The van der Waals surface area contributed by atoms with Crippen LogP contribution in [0.3, 0.4) is 0 Å². The number of anilines is 1. The number of carbonyl (C=O) groups is 2. The van der Waals surface area contributed by atoms with Crippen LogP contribution in [0.25, 0.3) is 0 Å². The van der Waals surface area contributed by atoms with Crippen LogP contribution >= 0.6 is 34.8 Å². The van der Waals surface area contributed by atoms with E-state index in [0.29, 0.717) is 4.31 Å². The van der Waals surface area contributed by atoms with Gasteiger partial charge >= 0.3 is 11.9 Å². The fraction of sp³-hybridized carbons (Fsp3) is 0.125. The molecule has 0 aliphatic heterocycles. The Morgan fingerprint density at radius 2 is 1.56 bits per heavy atom. The smallest absolute Gasteiger partial charge is 0.337 e. The molecule has 1 atom stereocenters. The van der Waals surface area contributed by atoms with E-state index in [-0.39, 0.29) is 31.2 Å². The number of hydrogen-bond acceptors (Lipinski definition) is 4. The van der Waals surface area contributed by atoms with Gasteiger partial charge in [0.05, 0.1) is 31.2 Å². The molecule has 27 heavy (non-hydrogen) atoms. The minimum Gasteiger partial charge on any atom is -0.480 e. The van der Waals surface area contributed by atoms with Crippen molar-refractivity contribution in [1.82, 2.24) is 0 Å². The van der Waals surface area contributed by atoms with Crippen molar-refractivity contribution >= 4 is 62.5 Å². The number of aliphatic carboxylic acids is 1. The fourth-order valence-electron chi connectivity index (χ4n) is 2.24. The summed E-state index contributed by atoms with van der Waals surface area (Å²) in [4.78, 5) is 22.5. The normalized spacial score (nSPS) is 12.4. The van der Waals surface area contributed by atoms with Crippen LogP contribution in [0.5, 0.6) is 0 Å². The molecule has 0 aliphatic rings. The SMILES string of the molecule is CC(C(=O)O)N(c1ccc(Cl)c(C(=O)O)c1)S(=O)(=O)c1ccc(Cl)c(Cl)c1. The molecule has 1 unspecified atom stereocenters. The van der Waals surface area contributed by atoms with Crippen molar-refractivity contribution in [2.75, 3.05) is 4.31 Å². The van der Waals surface area contributed by atoms with E-state index in [2.05, 4.69) is 0 Å². The van der Waals surface area contributed by atoms with Crippen LogP contribution in [0.15, 0.2) is 41.3 Å². The van der Waals surface area contributed by atoms with Gasteiger partial charge in [-0.1, -0.05) is 34.8 Å².